The highest BCUT2D eigenvalue weighted by molar-refractivity contribution is 5.82. The Balaban J connectivity index is 1.42. The van der Waals surface area contributed by atoms with Crippen molar-refractivity contribution >= 4 is 22.9 Å². The minimum Gasteiger partial charge on any atom is -0.348 e. The second-order valence-corrected chi connectivity index (χ2v) is 8.25. The van der Waals surface area contributed by atoms with Gasteiger partial charge in [-0.05, 0) is 50.6 Å². The van der Waals surface area contributed by atoms with Crippen molar-refractivity contribution in [3.63, 3.8) is 0 Å². The first-order chi connectivity index (χ1) is 17.2. The molecule has 0 aliphatic heterocycles. The van der Waals surface area contributed by atoms with Gasteiger partial charge in [0, 0.05) is 31.0 Å². The van der Waals surface area contributed by atoms with Crippen molar-refractivity contribution in [3.05, 3.63) is 84.9 Å². The van der Waals surface area contributed by atoms with Crippen LogP contribution in [0.1, 0.15) is 32.4 Å². The van der Waals surface area contributed by atoms with Gasteiger partial charge < -0.3 is 10.2 Å². The van der Waals surface area contributed by atoms with Crippen LogP contribution in [0, 0.1) is 0 Å². The van der Waals surface area contributed by atoms with E-state index < -0.39 is 0 Å². The lowest BCUT2D eigenvalue weighted by molar-refractivity contribution is 0.822. The van der Waals surface area contributed by atoms with E-state index in [0.29, 0.717) is 5.95 Å². The second kappa shape index (κ2) is 9.89. The number of fused-ring (bicyclic) bond motifs is 1. The third-order valence-electron chi connectivity index (χ3n) is 6.07. The van der Waals surface area contributed by atoms with Gasteiger partial charge in [-0.15, -0.1) is 0 Å². The number of benzene rings is 2. The molecule has 1 N–H and O–H groups in total. The van der Waals surface area contributed by atoms with Gasteiger partial charge in [-0.3, -0.25) is 4.57 Å². The Labute approximate surface area is 204 Å². The van der Waals surface area contributed by atoms with Crippen molar-refractivity contribution < 1.29 is 0 Å². The molecule has 0 amide bonds. The third kappa shape index (κ3) is 4.68. The lowest BCUT2D eigenvalue weighted by atomic mass is 10.1. The van der Waals surface area contributed by atoms with E-state index in [2.05, 4.69) is 76.3 Å². The van der Waals surface area contributed by atoms with Gasteiger partial charge in [-0.25, -0.2) is 19.9 Å². The van der Waals surface area contributed by atoms with Gasteiger partial charge >= 0.3 is 0 Å². The molecule has 0 spiro atoms. The first-order valence-electron chi connectivity index (χ1n) is 11.9. The highest BCUT2D eigenvalue weighted by Crippen LogP contribution is 2.25. The number of hydrogen-bond acceptors (Lipinski definition) is 7. The number of nitrogens with one attached hydrogen (secondary N) is 1. The molecule has 0 aliphatic rings. The first kappa shape index (κ1) is 22.5. The van der Waals surface area contributed by atoms with Crippen LogP contribution in [0.25, 0.3) is 28.1 Å². The number of rotatable bonds is 8. The van der Waals surface area contributed by atoms with Crippen LogP contribution in [0.15, 0.2) is 79.4 Å². The summed E-state index contributed by atoms with van der Waals surface area (Å²) < 4.78 is 1.97. The van der Waals surface area contributed by atoms with Crippen molar-refractivity contribution in [1.82, 2.24) is 29.5 Å². The molecule has 0 aliphatic carbocycles. The molecule has 2 aromatic carbocycles. The molecule has 3 heterocycles. The Hall–Kier alpha value is -4.33. The molecule has 0 radical (unpaired) electrons. The van der Waals surface area contributed by atoms with Gasteiger partial charge in [0.1, 0.15) is 12.1 Å². The standard InChI is InChI=1S/C27H28N8/c1-4-34(5-2)27-29-15-13-22(32-27)21-11-12-24-23(17-21)30-18-35(24)25-14-16-28-26(33-25)31-19(3)20-9-7-6-8-10-20/h6-19H,4-5H2,1-3H3,(H,28,31,33). The summed E-state index contributed by atoms with van der Waals surface area (Å²) in [5.74, 6) is 2.06. The predicted molar refractivity (Wildman–Crippen MR) is 140 cm³/mol. The molecule has 5 aromatic rings. The van der Waals surface area contributed by atoms with Crippen molar-refractivity contribution in [3.8, 4) is 17.1 Å². The SMILES string of the molecule is CCN(CC)c1nccc(-c2ccc3c(c2)ncn3-c2ccnc(NC(C)c3ccccc3)n2)n1. The average molecular weight is 465 g/mol. The van der Waals surface area contributed by atoms with Crippen LogP contribution in [-0.4, -0.2) is 42.6 Å². The summed E-state index contributed by atoms with van der Waals surface area (Å²) in [6.07, 6.45) is 5.37. The third-order valence-corrected chi connectivity index (χ3v) is 6.07. The van der Waals surface area contributed by atoms with Crippen LogP contribution in [0.4, 0.5) is 11.9 Å². The summed E-state index contributed by atoms with van der Waals surface area (Å²) in [6.45, 7) is 8.04. The summed E-state index contributed by atoms with van der Waals surface area (Å²) in [4.78, 5) is 25.1. The van der Waals surface area contributed by atoms with Gasteiger partial charge in [-0.2, -0.15) is 4.98 Å². The first-order valence-corrected chi connectivity index (χ1v) is 11.9. The van der Waals surface area contributed by atoms with Gasteiger partial charge in [0.05, 0.1) is 22.8 Å². The van der Waals surface area contributed by atoms with E-state index >= 15 is 0 Å². The molecule has 1 atom stereocenters. The quantitative estimate of drug-likeness (QED) is 0.334. The van der Waals surface area contributed by atoms with E-state index in [-0.39, 0.29) is 6.04 Å². The van der Waals surface area contributed by atoms with Gasteiger partial charge in [0.2, 0.25) is 11.9 Å². The van der Waals surface area contributed by atoms with E-state index in [4.69, 9.17) is 9.97 Å². The van der Waals surface area contributed by atoms with Crippen LogP contribution in [0.5, 0.6) is 0 Å². The summed E-state index contributed by atoms with van der Waals surface area (Å²) in [5, 5.41) is 3.39. The lowest BCUT2D eigenvalue weighted by Crippen LogP contribution is -2.24. The number of hydrogen-bond donors (Lipinski definition) is 1. The topological polar surface area (TPSA) is 84.7 Å². The van der Waals surface area contributed by atoms with Gasteiger partial charge in [-0.1, -0.05) is 36.4 Å². The molecule has 8 nitrogen and oxygen atoms in total. The van der Waals surface area contributed by atoms with E-state index in [1.807, 2.05) is 41.1 Å². The maximum absolute atomic E-state index is 4.77. The zero-order chi connectivity index (χ0) is 24.2. The minimum atomic E-state index is 0.0858. The lowest BCUT2D eigenvalue weighted by Gasteiger charge is -2.18. The Morgan fingerprint density at radius 2 is 1.69 bits per heavy atom. The molecule has 0 bridgehead atoms. The molecule has 1 unspecified atom stereocenters. The van der Waals surface area contributed by atoms with Crippen LogP contribution in [-0.2, 0) is 0 Å². The monoisotopic (exact) mass is 464 g/mol. The van der Waals surface area contributed by atoms with Crippen LogP contribution >= 0.6 is 0 Å². The molecule has 0 saturated carbocycles. The molecular formula is C27H28N8. The highest BCUT2D eigenvalue weighted by Gasteiger charge is 2.12. The predicted octanol–water partition coefficient (Wildman–Crippen LogP) is 5.29. The molecular weight excluding hydrogens is 436 g/mol. The average Bonchev–Trinajstić information content (AvgIpc) is 3.34. The Morgan fingerprint density at radius 3 is 2.49 bits per heavy atom. The van der Waals surface area contributed by atoms with E-state index in [0.717, 1.165) is 47.1 Å². The summed E-state index contributed by atoms with van der Waals surface area (Å²) in [7, 11) is 0. The zero-order valence-corrected chi connectivity index (χ0v) is 20.1. The fourth-order valence-electron chi connectivity index (χ4n) is 4.09. The second-order valence-electron chi connectivity index (χ2n) is 8.25. The number of nitrogens with zero attached hydrogens (tertiary/aromatic N) is 7. The zero-order valence-electron chi connectivity index (χ0n) is 20.1. The highest BCUT2D eigenvalue weighted by atomic mass is 15.2. The van der Waals surface area contributed by atoms with Crippen LogP contribution in [0.2, 0.25) is 0 Å². The van der Waals surface area contributed by atoms with Crippen molar-refractivity contribution in [2.75, 3.05) is 23.3 Å². The molecule has 8 heteroatoms. The summed E-state index contributed by atoms with van der Waals surface area (Å²) in [6, 6.07) is 20.3. The largest absolute Gasteiger partial charge is 0.348 e. The Kier molecular flexibility index (Phi) is 6.34. The Morgan fingerprint density at radius 1 is 0.886 bits per heavy atom. The molecule has 5 rings (SSSR count). The fourth-order valence-corrected chi connectivity index (χ4v) is 4.09. The van der Waals surface area contributed by atoms with Crippen molar-refractivity contribution in [2.45, 2.75) is 26.8 Å². The smallest absolute Gasteiger partial charge is 0.225 e. The number of aromatic nitrogens is 6. The molecule has 35 heavy (non-hydrogen) atoms. The van der Waals surface area contributed by atoms with Crippen molar-refractivity contribution in [2.24, 2.45) is 0 Å². The summed E-state index contributed by atoms with van der Waals surface area (Å²) >= 11 is 0. The van der Waals surface area contributed by atoms with Gasteiger partial charge in [0.15, 0.2) is 0 Å². The summed E-state index contributed by atoms with van der Waals surface area (Å²) in [5.41, 5.74) is 4.89. The number of imidazole rings is 1. The molecule has 0 saturated heterocycles. The fraction of sp³-hybridized carbons (Fsp3) is 0.222. The van der Waals surface area contributed by atoms with Gasteiger partial charge in [0.25, 0.3) is 0 Å². The maximum Gasteiger partial charge on any atom is 0.225 e. The van der Waals surface area contributed by atoms with E-state index in [1.54, 1.807) is 12.5 Å². The molecule has 3 aromatic heterocycles. The number of anilines is 2. The molecule has 0 fully saturated rings. The normalized spacial score (nSPS) is 12.0. The van der Waals surface area contributed by atoms with Crippen LogP contribution in [0.3, 0.4) is 0 Å². The van der Waals surface area contributed by atoms with E-state index in [1.165, 1.54) is 5.56 Å². The van der Waals surface area contributed by atoms with Crippen molar-refractivity contribution in [1.29, 1.82) is 0 Å². The van der Waals surface area contributed by atoms with Crippen LogP contribution < -0.4 is 10.2 Å². The minimum absolute atomic E-state index is 0.0858. The Bertz CT molecular complexity index is 1430. The maximum atomic E-state index is 4.77. The molecule has 176 valence electrons. The van der Waals surface area contributed by atoms with E-state index in [9.17, 15) is 0 Å².